The maximum absolute atomic E-state index is 12.6. The van der Waals surface area contributed by atoms with E-state index in [-0.39, 0.29) is 5.78 Å². The van der Waals surface area contributed by atoms with Gasteiger partial charge in [-0.05, 0) is 48.9 Å². The van der Waals surface area contributed by atoms with Crippen LogP contribution in [0, 0.1) is 6.92 Å². The van der Waals surface area contributed by atoms with Gasteiger partial charge in [0.15, 0.2) is 17.3 Å². The number of carbonyl (C=O) groups is 1. The van der Waals surface area contributed by atoms with E-state index in [4.69, 9.17) is 9.47 Å². The quantitative estimate of drug-likeness (QED) is 0.766. The van der Waals surface area contributed by atoms with Gasteiger partial charge in [-0.25, -0.2) is 0 Å². The number of rotatable bonds is 2. The van der Waals surface area contributed by atoms with Crippen LogP contribution in [0.3, 0.4) is 0 Å². The molecular weight excluding hydrogens is 332 g/mol. The summed E-state index contributed by atoms with van der Waals surface area (Å²) in [7, 11) is 0. The molecule has 0 unspecified atom stereocenters. The van der Waals surface area contributed by atoms with Crippen molar-refractivity contribution in [2.24, 2.45) is 0 Å². The minimum atomic E-state index is -0.00403. The SMILES string of the molecule is Cc1cc(Br)ccc1C(=O)c1ccc2c(c1)OCCCO2. The second kappa shape index (κ2) is 5.90. The molecule has 0 spiro atoms. The minimum absolute atomic E-state index is 0.00403. The molecular formula is C17H15BrO3. The highest BCUT2D eigenvalue weighted by atomic mass is 79.9. The van der Waals surface area contributed by atoms with Crippen LogP contribution >= 0.6 is 15.9 Å². The summed E-state index contributed by atoms with van der Waals surface area (Å²) in [5.41, 5.74) is 2.26. The molecule has 0 bridgehead atoms. The zero-order valence-electron chi connectivity index (χ0n) is 11.7. The van der Waals surface area contributed by atoms with E-state index in [0.717, 1.165) is 16.5 Å². The average molecular weight is 347 g/mol. The number of ketones is 1. The Morgan fingerprint density at radius 1 is 1.05 bits per heavy atom. The molecule has 1 aliphatic heterocycles. The summed E-state index contributed by atoms with van der Waals surface area (Å²) in [6, 6.07) is 11.0. The van der Waals surface area contributed by atoms with Crippen molar-refractivity contribution in [1.29, 1.82) is 0 Å². The van der Waals surface area contributed by atoms with E-state index in [1.54, 1.807) is 12.1 Å². The molecule has 1 heterocycles. The lowest BCUT2D eigenvalue weighted by Gasteiger charge is -2.10. The van der Waals surface area contributed by atoms with Crippen LogP contribution in [-0.4, -0.2) is 19.0 Å². The van der Waals surface area contributed by atoms with Gasteiger partial charge >= 0.3 is 0 Å². The van der Waals surface area contributed by atoms with Gasteiger partial charge in [-0.2, -0.15) is 0 Å². The Hall–Kier alpha value is -1.81. The van der Waals surface area contributed by atoms with Crippen molar-refractivity contribution < 1.29 is 14.3 Å². The van der Waals surface area contributed by atoms with Gasteiger partial charge in [0.25, 0.3) is 0 Å². The fourth-order valence-electron chi connectivity index (χ4n) is 2.34. The molecule has 0 saturated heterocycles. The molecule has 2 aromatic rings. The fraction of sp³-hybridized carbons (Fsp3) is 0.235. The summed E-state index contributed by atoms with van der Waals surface area (Å²) in [6.07, 6.45) is 0.851. The molecule has 0 amide bonds. The molecule has 108 valence electrons. The highest BCUT2D eigenvalue weighted by molar-refractivity contribution is 9.10. The summed E-state index contributed by atoms with van der Waals surface area (Å²) >= 11 is 3.41. The zero-order chi connectivity index (χ0) is 14.8. The third kappa shape index (κ3) is 2.95. The smallest absolute Gasteiger partial charge is 0.193 e. The van der Waals surface area contributed by atoms with Crippen molar-refractivity contribution in [3.63, 3.8) is 0 Å². The van der Waals surface area contributed by atoms with Gasteiger partial charge in [0.05, 0.1) is 13.2 Å². The van der Waals surface area contributed by atoms with E-state index >= 15 is 0 Å². The van der Waals surface area contributed by atoms with Gasteiger partial charge in [-0.15, -0.1) is 0 Å². The number of aryl methyl sites for hydroxylation is 1. The predicted octanol–water partition coefficient (Wildman–Crippen LogP) is 4.15. The van der Waals surface area contributed by atoms with E-state index in [1.807, 2.05) is 31.2 Å². The van der Waals surface area contributed by atoms with Gasteiger partial charge in [0.2, 0.25) is 0 Å². The van der Waals surface area contributed by atoms with E-state index in [9.17, 15) is 4.79 Å². The minimum Gasteiger partial charge on any atom is -0.490 e. The molecule has 21 heavy (non-hydrogen) atoms. The van der Waals surface area contributed by atoms with E-state index in [1.165, 1.54) is 0 Å². The van der Waals surface area contributed by atoms with E-state index in [2.05, 4.69) is 15.9 Å². The lowest BCUT2D eigenvalue weighted by Crippen LogP contribution is -2.04. The van der Waals surface area contributed by atoms with Crippen LogP contribution in [0.1, 0.15) is 27.9 Å². The molecule has 0 N–H and O–H groups in total. The number of benzene rings is 2. The molecule has 0 radical (unpaired) electrons. The Balaban J connectivity index is 1.96. The topological polar surface area (TPSA) is 35.5 Å². The Morgan fingerprint density at radius 3 is 2.57 bits per heavy atom. The number of hydrogen-bond donors (Lipinski definition) is 0. The Morgan fingerprint density at radius 2 is 1.81 bits per heavy atom. The molecule has 0 aromatic heterocycles. The highest BCUT2D eigenvalue weighted by Crippen LogP contribution is 2.31. The van der Waals surface area contributed by atoms with Crippen LogP contribution in [0.25, 0.3) is 0 Å². The second-order valence-corrected chi connectivity index (χ2v) is 5.92. The molecule has 1 aliphatic rings. The second-order valence-electron chi connectivity index (χ2n) is 5.00. The number of hydrogen-bond acceptors (Lipinski definition) is 3. The molecule has 0 aliphatic carbocycles. The largest absolute Gasteiger partial charge is 0.490 e. The summed E-state index contributed by atoms with van der Waals surface area (Å²) in [5.74, 6) is 1.35. The molecule has 3 nitrogen and oxygen atoms in total. The van der Waals surface area contributed by atoms with Crippen LogP contribution < -0.4 is 9.47 Å². The van der Waals surface area contributed by atoms with Gasteiger partial charge in [0.1, 0.15) is 0 Å². The Bertz CT molecular complexity index is 694. The third-order valence-corrected chi connectivity index (χ3v) is 3.94. The van der Waals surface area contributed by atoms with Crippen LogP contribution in [0.4, 0.5) is 0 Å². The van der Waals surface area contributed by atoms with Gasteiger partial charge in [-0.3, -0.25) is 4.79 Å². The third-order valence-electron chi connectivity index (χ3n) is 3.44. The lowest BCUT2D eigenvalue weighted by atomic mass is 9.99. The van der Waals surface area contributed by atoms with Gasteiger partial charge in [0, 0.05) is 22.0 Å². The van der Waals surface area contributed by atoms with E-state index < -0.39 is 0 Å². The number of fused-ring (bicyclic) bond motifs is 1. The van der Waals surface area contributed by atoms with Gasteiger partial charge < -0.3 is 9.47 Å². The monoisotopic (exact) mass is 346 g/mol. The standard InChI is InChI=1S/C17H15BrO3/c1-11-9-13(18)4-5-14(11)17(19)12-3-6-15-16(10-12)21-8-2-7-20-15/h3-6,9-10H,2,7-8H2,1H3. The Labute approximate surface area is 132 Å². The van der Waals surface area contributed by atoms with Crippen molar-refractivity contribution in [3.05, 3.63) is 57.6 Å². The van der Waals surface area contributed by atoms with Crippen molar-refractivity contribution in [2.75, 3.05) is 13.2 Å². The summed E-state index contributed by atoms with van der Waals surface area (Å²) in [6.45, 7) is 3.19. The molecule has 2 aromatic carbocycles. The normalized spacial score (nSPS) is 13.6. The average Bonchev–Trinajstić information content (AvgIpc) is 2.71. The molecule has 0 fully saturated rings. The van der Waals surface area contributed by atoms with Crippen LogP contribution in [0.15, 0.2) is 40.9 Å². The molecule has 0 saturated carbocycles. The van der Waals surface area contributed by atoms with Gasteiger partial charge in [-0.1, -0.05) is 15.9 Å². The fourth-order valence-corrected chi connectivity index (χ4v) is 2.82. The summed E-state index contributed by atoms with van der Waals surface area (Å²) in [5, 5.41) is 0. The summed E-state index contributed by atoms with van der Waals surface area (Å²) in [4.78, 5) is 12.6. The van der Waals surface area contributed by atoms with E-state index in [0.29, 0.717) is 35.8 Å². The predicted molar refractivity (Wildman–Crippen MR) is 84.4 cm³/mol. The first-order valence-electron chi connectivity index (χ1n) is 6.85. The first-order valence-corrected chi connectivity index (χ1v) is 7.65. The summed E-state index contributed by atoms with van der Waals surface area (Å²) < 4.78 is 12.2. The number of halogens is 1. The molecule has 3 rings (SSSR count). The van der Waals surface area contributed by atoms with Crippen LogP contribution in [0.2, 0.25) is 0 Å². The highest BCUT2D eigenvalue weighted by Gasteiger charge is 2.16. The van der Waals surface area contributed by atoms with Crippen molar-refractivity contribution in [1.82, 2.24) is 0 Å². The number of carbonyl (C=O) groups excluding carboxylic acids is 1. The maximum atomic E-state index is 12.6. The lowest BCUT2D eigenvalue weighted by molar-refractivity contribution is 0.103. The van der Waals surface area contributed by atoms with Crippen molar-refractivity contribution in [3.8, 4) is 11.5 Å². The van der Waals surface area contributed by atoms with Crippen LogP contribution in [0.5, 0.6) is 11.5 Å². The molecule has 0 atom stereocenters. The van der Waals surface area contributed by atoms with Crippen molar-refractivity contribution in [2.45, 2.75) is 13.3 Å². The number of ether oxygens (including phenoxy) is 2. The first kappa shape index (κ1) is 14.1. The van der Waals surface area contributed by atoms with Crippen LogP contribution in [-0.2, 0) is 0 Å². The zero-order valence-corrected chi connectivity index (χ0v) is 13.3. The molecule has 4 heteroatoms. The van der Waals surface area contributed by atoms with Crippen molar-refractivity contribution >= 4 is 21.7 Å². The first-order chi connectivity index (χ1) is 10.1. The maximum Gasteiger partial charge on any atom is 0.193 e. The Kier molecular flexibility index (Phi) is 3.97.